The number of methoxy groups -OCH3 is 2. The molecule has 1 N–H and O–H groups in total. The number of amides is 1. The maximum Gasteiger partial charge on any atom is 0.234 e. The maximum absolute atomic E-state index is 12.6. The van der Waals surface area contributed by atoms with Crippen LogP contribution in [0.15, 0.2) is 65.7 Å². The number of nitrogens with zero attached hydrogens (tertiary/aromatic N) is 2. The van der Waals surface area contributed by atoms with Crippen molar-refractivity contribution in [3.8, 4) is 17.6 Å². The van der Waals surface area contributed by atoms with Crippen LogP contribution in [0.5, 0.6) is 11.5 Å². The molecule has 3 aromatic carbocycles. The smallest absolute Gasteiger partial charge is 0.234 e. The fourth-order valence-corrected chi connectivity index (χ4v) is 4.09. The average molecular weight is 430 g/mol. The first-order valence-electron chi connectivity index (χ1n) is 9.50. The van der Waals surface area contributed by atoms with Crippen LogP contribution in [0.1, 0.15) is 5.56 Å². The van der Waals surface area contributed by atoms with Crippen LogP contribution < -0.4 is 14.8 Å². The lowest BCUT2D eigenvalue weighted by atomic mass is 10.1. The van der Waals surface area contributed by atoms with Gasteiger partial charge in [-0.05, 0) is 23.6 Å². The molecule has 1 heterocycles. The van der Waals surface area contributed by atoms with E-state index in [0.29, 0.717) is 27.6 Å². The minimum Gasteiger partial charge on any atom is -0.493 e. The number of rotatable bonds is 6. The Morgan fingerprint density at radius 2 is 1.77 bits per heavy atom. The van der Waals surface area contributed by atoms with Crippen molar-refractivity contribution in [2.45, 2.75) is 5.03 Å². The maximum atomic E-state index is 12.6. The second kappa shape index (κ2) is 8.94. The molecular formula is C24H19N3O3S. The summed E-state index contributed by atoms with van der Waals surface area (Å²) in [6.45, 7) is 0. The zero-order chi connectivity index (χ0) is 21.8. The number of hydrogen-bond acceptors (Lipinski definition) is 6. The van der Waals surface area contributed by atoms with Gasteiger partial charge >= 0.3 is 0 Å². The molecule has 4 aromatic rings. The lowest BCUT2D eigenvalue weighted by Gasteiger charge is -2.11. The van der Waals surface area contributed by atoms with Crippen LogP contribution in [-0.2, 0) is 4.79 Å². The number of carbonyl (C=O) groups is 1. The van der Waals surface area contributed by atoms with Crippen molar-refractivity contribution in [2.75, 3.05) is 25.3 Å². The lowest BCUT2D eigenvalue weighted by molar-refractivity contribution is -0.113. The first-order chi connectivity index (χ1) is 15.1. The van der Waals surface area contributed by atoms with Crippen LogP contribution >= 0.6 is 11.8 Å². The summed E-state index contributed by atoms with van der Waals surface area (Å²) in [5.41, 5.74) is 1.82. The van der Waals surface area contributed by atoms with E-state index in [2.05, 4.69) is 16.4 Å². The van der Waals surface area contributed by atoms with Gasteiger partial charge in [-0.15, -0.1) is 0 Å². The Hall–Kier alpha value is -3.76. The van der Waals surface area contributed by atoms with Crippen molar-refractivity contribution in [1.82, 2.24) is 4.98 Å². The number of anilines is 1. The predicted octanol–water partition coefficient (Wildman–Crippen LogP) is 5.01. The van der Waals surface area contributed by atoms with Gasteiger partial charge in [-0.3, -0.25) is 4.79 Å². The van der Waals surface area contributed by atoms with E-state index in [1.54, 1.807) is 32.4 Å². The first kappa shape index (κ1) is 20.5. The van der Waals surface area contributed by atoms with Gasteiger partial charge in [0, 0.05) is 22.5 Å². The van der Waals surface area contributed by atoms with Gasteiger partial charge in [0.15, 0.2) is 11.5 Å². The van der Waals surface area contributed by atoms with E-state index in [1.807, 2.05) is 42.5 Å². The molecule has 0 aliphatic carbocycles. The van der Waals surface area contributed by atoms with Gasteiger partial charge < -0.3 is 14.8 Å². The van der Waals surface area contributed by atoms with E-state index >= 15 is 0 Å². The molecule has 4 rings (SSSR count). The average Bonchev–Trinajstić information content (AvgIpc) is 2.81. The molecule has 0 saturated carbocycles. The van der Waals surface area contributed by atoms with Crippen molar-refractivity contribution in [3.63, 3.8) is 0 Å². The number of aromatic nitrogens is 1. The number of benzene rings is 3. The molecule has 0 radical (unpaired) electrons. The molecule has 1 aromatic heterocycles. The van der Waals surface area contributed by atoms with Crippen LogP contribution in [-0.4, -0.2) is 30.9 Å². The van der Waals surface area contributed by atoms with Gasteiger partial charge in [-0.2, -0.15) is 5.26 Å². The molecule has 1 amide bonds. The van der Waals surface area contributed by atoms with Crippen molar-refractivity contribution in [2.24, 2.45) is 0 Å². The van der Waals surface area contributed by atoms with Gasteiger partial charge in [-0.25, -0.2) is 4.98 Å². The Bertz CT molecular complexity index is 1330. The largest absolute Gasteiger partial charge is 0.493 e. The van der Waals surface area contributed by atoms with E-state index in [4.69, 9.17) is 9.47 Å². The molecule has 0 atom stereocenters. The lowest BCUT2D eigenvalue weighted by Crippen LogP contribution is -2.14. The van der Waals surface area contributed by atoms with Crippen molar-refractivity contribution in [1.29, 1.82) is 5.26 Å². The highest BCUT2D eigenvalue weighted by Gasteiger charge is 2.14. The number of ether oxygens (including phenoxy) is 2. The molecule has 6 nitrogen and oxygen atoms in total. The SMILES string of the molecule is COc1cc2cc(C#N)c(SCC(=O)Nc3cccc4ccccc34)nc2cc1OC. The topological polar surface area (TPSA) is 84.2 Å². The van der Waals surface area contributed by atoms with Gasteiger partial charge in [0.25, 0.3) is 0 Å². The summed E-state index contributed by atoms with van der Waals surface area (Å²) in [4.78, 5) is 17.2. The fraction of sp³-hybridized carbons (Fsp3) is 0.125. The number of hydrogen-bond donors (Lipinski definition) is 1. The van der Waals surface area contributed by atoms with E-state index in [1.165, 1.54) is 11.8 Å². The monoisotopic (exact) mass is 429 g/mol. The Balaban J connectivity index is 1.56. The van der Waals surface area contributed by atoms with Crippen LogP contribution in [0, 0.1) is 11.3 Å². The summed E-state index contributed by atoms with van der Waals surface area (Å²) >= 11 is 1.22. The first-order valence-corrected chi connectivity index (χ1v) is 10.5. The highest BCUT2D eigenvalue weighted by atomic mass is 32.2. The molecule has 7 heteroatoms. The molecular weight excluding hydrogens is 410 g/mol. The van der Waals surface area contributed by atoms with Gasteiger partial charge in [0.2, 0.25) is 5.91 Å². The Kier molecular flexibility index (Phi) is 5.92. The molecule has 0 unspecified atom stereocenters. The Morgan fingerprint density at radius 3 is 2.55 bits per heavy atom. The summed E-state index contributed by atoms with van der Waals surface area (Å²) in [5.74, 6) is 1.08. The van der Waals surface area contributed by atoms with E-state index in [0.717, 1.165) is 21.8 Å². The summed E-state index contributed by atoms with van der Waals surface area (Å²) < 4.78 is 10.7. The molecule has 31 heavy (non-hydrogen) atoms. The molecule has 0 aliphatic rings. The zero-order valence-electron chi connectivity index (χ0n) is 17.0. The number of fused-ring (bicyclic) bond motifs is 2. The predicted molar refractivity (Wildman–Crippen MR) is 123 cm³/mol. The van der Waals surface area contributed by atoms with Crippen LogP contribution in [0.4, 0.5) is 5.69 Å². The summed E-state index contributed by atoms with van der Waals surface area (Å²) in [5, 5.41) is 15.8. The van der Waals surface area contributed by atoms with Crippen molar-refractivity contribution in [3.05, 3.63) is 66.2 Å². The van der Waals surface area contributed by atoms with E-state index < -0.39 is 0 Å². The minimum atomic E-state index is -0.167. The minimum absolute atomic E-state index is 0.129. The molecule has 0 bridgehead atoms. The number of nitriles is 1. The molecule has 154 valence electrons. The zero-order valence-corrected chi connectivity index (χ0v) is 17.8. The van der Waals surface area contributed by atoms with E-state index in [9.17, 15) is 10.1 Å². The summed E-state index contributed by atoms with van der Waals surface area (Å²) in [6.07, 6.45) is 0. The second-order valence-corrected chi connectivity index (χ2v) is 7.68. The fourth-order valence-electron chi connectivity index (χ4n) is 3.33. The van der Waals surface area contributed by atoms with E-state index in [-0.39, 0.29) is 11.7 Å². The summed E-state index contributed by atoms with van der Waals surface area (Å²) in [6, 6.07) is 21.1. The highest BCUT2D eigenvalue weighted by Crippen LogP contribution is 2.34. The second-order valence-electron chi connectivity index (χ2n) is 6.72. The Morgan fingerprint density at radius 1 is 1.03 bits per heavy atom. The molecule has 0 aliphatic heterocycles. The standard InChI is InChI=1S/C24H19N3O3S/c1-29-21-11-16-10-17(13-25)24(27-20(16)12-22(21)30-2)31-14-23(28)26-19-9-5-7-15-6-3-4-8-18(15)19/h3-12H,14H2,1-2H3,(H,26,28). The van der Waals surface area contributed by atoms with Crippen LogP contribution in [0.3, 0.4) is 0 Å². The van der Waals surface area contributed by atoms with Crippen molar-refractivity contribution >= 4 is 45.0 Å². The molecule has 0 saturated heterocycles. The number of carbonyl (C=O) groups excluding carboxylic acids is 1. The van der Waals surface area contributed by atoms with Gasteiger partial charge in [0.1, 0.15) is 11.1 Å². The summed E-state index contributed by atoms with van der Waals surface area (Å²) in [7, 11) is 3.11. The number of thioether (sulfide) groups is 1. The van der Waals surface area contributed by atoms with Gasteiger partial charge in [-0.1, -0.05) is 48.2 Å². The molecule has 0 spiro atoms. The highest BCUT2D eigenvalue weighted by molar-refractivity contribution is 8.00. The van der Waals surface area contributed by atoms with Crippen LogP contribution in [0.2, 0.25) is 0 Å². The third-order valence-corrected chi connectivity index (χ3v) is 5.80. The van der Waals surface area contributed by atoms with Gasteiger partial charge in [0.05, 0.1) is 31.1 Å². The normalized spacial score (nSPS) is 10.6. The van der Waals surface area contributed by atoms with Crippen LogP contribution in [0.25, 0.3) is 21.7 Å². The van der Waals surface area contributed by atoms with Crippen molar-refractivity contribution < 1.29 is 14.3 Å². The Labute approximate surface area is 183 Å². The third kappa shape index (κ3) is 4.25. The number of pyridine rings is 1. The quantitative estimate of drug-likeness (QED) is 0.434. The third-order valence-electron chi connectivity index (χ3n) is 4.81. The number of nitrogens with one attached hydrogen (secondary N) is 1. The molecule has 0 fully saturated rings.